The third-order valence-corrected chi connectivity index (χ3v) is 6.86. The largest absolute Gasteiger partial charge is 0.332 e. The first-order valence-corrected chi connectivity index (χ1v) is 12.9. The van der Waals surface area contributed by atoms with Crippen molar-refractivity contribution in [1.82, 2.24) is 9.80 Å². The average molecular weight is 495 g/mol. The summed E-state index contributed by atoms with van der Waals surface area (Å²) < 4.78 is 0. The molecule has 36 heavy (non-hydrogen) atoms. The monoisotopic (exact) mass is 494 g/mol. The lowest BCUT2D eigenvalue weighted by atomic mass is 9.90. The van der Waals surface area contributed by atoms with Gasteiger partial charge in [-0.15, -0.1) is 17.9 Å². The van der Waals surface area contributed by atoms with Crippen molar-refractivity contribution in [2.24, 2.45) is 0 Å². The molecule has 4 aromatic rings. The predicted octanol–water partition coefficient (Wildman–Crippen LogP) is 6.12. The molecule has 0 fully saturated rings. The molecule has 1 heterocycles. The third kappa shape index (κ3) is 6.58. The van der Waals surface area contributed by atoms with E-state index >= 15 is 0 Å². The molecule has 0 bridgehead atoms. The molecule has 4 rings (SSSR count). The Morgan fingerprint density at radius 3 is 1.86 bits per heavy atom. The van der Waals surface area contributed by atoms with Gasteiger partial charge in [-0.2, -0.15) is 0 Å². The lowest BCUT2D eigenvalue weighted by Crippen LogP contribution is -2.44. The first-order valence-electron chi connectivity index (χ1n) is 12.0. The summed E-state index contributed by atoms with van der Waals surface area (Å²) in [5.74, 6) is -0.709. The summed E-state index contributed by atoms with van der Waals surface area (Å²) in [5.41, 5.74) is 2.85. The third-order valence-electron chi connectivity index (χ3n) is 6.00. The molecule has 0 atom stereocenters. The van der Waals surface area contributed by atoms with Crippen LogP contribution in [-0.4, -0.2) is 34.7 Å². The lowest BCUT2D eigenvalue weighted by molar-refractivity contribution is -0.141. The smallest absolute Gasteiger partial charge is 0.242 e. The van der Waals surface area contributed by atoms with Gasteiger partial charge in [0.1, 0.15) is 6.54 Å². The molecule has 5 heteroatoms. The van der Waals surface area contributed by atoms with Crippen LogP contribution in [0.3, 0.4) is 0 Å². The highest BCUT2D eigenvalue weighted by atomic mass is 32.1. The number of hydrogen-bond acceptors (Lipinski definition) is 3. The van der Waals surface area contributed by atoms with Crippen LogP contribution in [0.4, 0.5) is 0 Å². The molecule has 0 saturated carbocycles. The number of benzene rings is 3. The minimum absolute atomic E-state index is 0.0147. The van der Waals surface area contributed by atoms with Crippen LogP contribution in [0.2, 0.25) is 0 Å². The first kappa shape index (κ1) is 25.1. The van der Waals surface area contributed by atoms with E-state index in [1.807, 2.05) is 113 Å². The number of rotatable bonds is 11. The second-order valence-corrected chi connectivity index (χ2v) is 9.61. The number of amides is 2. The Morgan fingerprint density at radius 2 is 1.33 bits per heavy atom. The van der Waals surface area contributed by atoms with Crippen LogP contribution >= 0.6 is 11.3 Å². The quantitative estimate of drug-likeness (QED) is 0.236. The van der Waals surface area contributed by atoms with Gasteiger partial charge >= 0.3 is 0 Å². The molecule has 0 N–H and O–H groups in total. The van der Waals surface area contributed by atoms with Gasteiger partial charge in [-0.3, -0.25) is 9.59 Å². The summed E-state index contributed by atoms with van der Waals surface area (Å²) in [5, 5.41) is 2.01. The SMILES string of the molecule is C=CCN(CC(=O)N(Cc1ccccc1)Cc1cccs1)C(=O)C(c1ccccc1)c1ccccc1. The van der Waals surface area contributed by atoms with Crippen molar-refractivity contribution in [2.45, 2.75) is 19.0 Å². The molecule has 0 aliphatic rings. The van der Waals surface area contributed by atoms with E-state index in [9.17, 15) is 9.59 Å². The summed E-state index contributed by atoms with van der Waals surface area (Å²) in [6.45, 7) is 5.11. The van der Waals surface area contributed by atoms with Crippen LogP contribution in [0.15, 0.2) is 121 Å². The van der Waals surface area contributed by atoms with Crippen LogP contribution in [0.25, 0.3) is 0 Å². The van der Waals surface area contributed by atoms with E-state index in [1.54, 1.807) is 22.3 Å². The van der Waals surface area contributed by atoms with E-state index in [-0.39, 0.29) is 18.4 Å². The predicted molar refractivity (Wildman–Crippen MR) is 147 cm³/mol. The van der Waals surface area contributed by atoms with E-state index in [0.29, 0.717) is 19.6 Å². The second-order valence-electron chi connectivity index (χ2n) is 8.58. The molecule has 182 valence electrons. The van der Waals surface area contributed by atoms with Gasteiger partial charge in [-0.1, -0.05) is 103 Å². The van der Waals surface area contributed by atoms with Gasteiger partial charge in [0.05, 0.1) is 12.5 Å². The molecule has 2 amide bonds. The number of carbonyl (C=O) groups excluding carboxylic acids is 2. The summed E-state index contributed by atoms with van der Waals surface area (Å²) in [6, 6.07) is 33.4. The normalized spacial score (nSPS) is 10.7. The number of thiophene rings is 1. The van der Waals surface area contributed by atoms with Gasteiger partial charge in [0.2, 0.25) is 11.8 Å². The van der Waals surface area contributed by atoms with Crippen molar-refractivity contribution in [3.8, 4) is 0 Å². The van der Waals surface area contributed by atoms with Gasteiger partial charge < -0.3 is 9.80 Å². The average Bonchev–Trinajstić information content (AvgIpc) is 3.43. The molecule has 0 aliphatic carbocycles. The van der Waals surface area contributed by atoms with Gasteiger partial charge in [0, 0.05) is 18.0 Å². The van der Waals surface area contributed by atoms with Crippen LogP contribution in [-0.2, 0) is 22.7 Å². The summed E-state index contributed by atoms with van der Waals surface area (Å²) in [7, 11) is 0. The summed E-state index contributed by atoms with van der Waals surface area (Å²) >= 11 is 1.62. The standard InChI is InChI=1S/C31H30N2O2S/c1-2-20-32(31(35)30(26-15-8-4-9-16-26)27-17-10-5-11-18-27)24-29(34)33(23-28-19-12-21-36-28)22-25-13-6-3-7-14-25/h2-19,21,30H,1,20,22-24H2. The van der Waals surface area contributed by atoms with Crippen molar-refractivity contribution in [3.63, 3.8) is 0 Å². The Balaban J connectivity index is 1.60. The fourth-order valence-corrected chi connectivity index (χ4v) is 4.95. The Kier molecular flexibility index (Phi) is 8.84. The van der Waals surface area contributed by atoms with Crippen LogP contribution in [0, 0.1) is 0 Å². The first-order chi connectivity index (χ1) is 17.7. The molecule has 0 saturated heterocycles. The molecule has 0 radical (unpaired) electrons. The zero-order valence-electron chi connectivity index (χ0n) is 20.2. The van der Waals surface area contributed by atoms with Gasteiger partial charge in [-0.05, 0) is 28.1 Å². The minimum Gasteiger partial charge on any atom is -0.332 e. The zero-order chi connectivity index (χ0) is 25.2. The highest BCUT2D eigenvalue weighted by molar-refractivity contribution is 7.09. The molecular formula is C31H30N2O2S. The summed E-state index contributed by atoms with van der Waals surface area (Å²) in [6.07, 6.45) is 1.68. The number of hydrogen-bond donors (Lipinski definition) is 0. The Bertz CT molecular complexity index is 1200. The van der Waals surface area contributed by atoms with E-state index in [2.05, 4.69) is 6.58 Å². The van der Waals surface area contributed by atoms with Gasteiger partial charge in [0.15, 0.2) is 0 Å². The number of carbonyl (C=O) groups is 2. The fraction of sp³-hybridized carbons (Fsp3) is 0.161. The highest BCUT2D eigenvalue weighted by Gasteiger charge is 2.29. The van der Waals surface area contributed by atoms with E-state index in [1.165, 1.54) is 0 Å². The Hall–Kier alpha value is -3.96. The summed E-state index contributed by atoms with van der Waals surface area (Å²) in [4.78, 5) is 32.2. The molecule has 0 unspecified atom stereocenters. The molecule has 1 aromatic heterocycles. The molecular weight excluding hydrogens is 464 g/mol. The fourth-order valence-electron chi connectivity index (χ4n) is 4.23. The minimum atomic E-state index is -0.500. The second kappa shape index (κ2) is 12.7. The maximum atomic E-state index is 14.0. The molecule has 4 nitrogen and oxygen atoms in total. The van der Waals surface area contributed by atoms with Gasteiger partial charge in [0.25, 0.3) is 0 Å². The Morgan fingerprint density at radius 1 is 0.750 bits per heavy atom. The van der Waals surface area contributed by atoms with E-state index < -0.39 is 5.92 Å². The van der Waals surface area contributed by atoms with Gasteiger partial charge in [-0.25, -0.2) is 0 Å². The Labute approximate surface area is 217 Å². The van der Waals surface area contributed by atoms with Crippen molar-refractivity contribution >= 4 is 23.2 Å². The van der Waals surface area contributed by atoms with Crippen LogP contribution in [0.1, 0.15) is 27.5 Å². The maximum Gasteiger partial charge on any atom is 0.242 e. The maximum absolute atomic E-state index is 14.0. The molecule has 0 aliphatic heterocycles. The zero-order valence-corrected chi connectivity index (χ0v) is 21.0. The molecule has 3 aromatic carbocycles. The van der Waals surface area contributed by atoms with E-state index in [4.69, 9.17) is 0 Å². The van der Waals surface area contributed by atoms with Crippen molar-refractivity contribution in [3.05, 3.63) is 143 Å². The lowest BCUT2D eigenvalue weighted by Gasteiger charge is -2.30. The molecule has 0 spiro atoms. The van der Waals surface area contributed by atoms with Crippen molar-refractivity contribution in [2.75, 3.05) is 13.1 Å². The topological polar surface area (TPSA) is 40.6 Å². The van der Waals surface area contributed by atoms with Crippen LogP contribution in [0.5, 0.6) is 0 Å². The van der Waals surface area contributed by atoms with Crippen molar-refractivity contribution in [1.29, 1.82) is 0 Å². The number of nitrogens with zero attached hydrogens (tertiary/aromatic N) is 2. The van der Waals surface area contributed by atoms with Crippen LogP contribution < -0.4 is 0 Å². The van der Waals surface area contributed by atoms with E-state index in [0.717, 1.165) is 21.6 Å². The van der Waals surface area contributed by atoms with Crippen molar-refractivity contribution < 1.29 is 9.59 Å². The highest BCUT2D eigenvalue weighted by Crippen LogP contribution is 2.27.